The van der Waals surface area contributed by atoms with E-state index < -0.39 is 11.8 Å². The van der Waals surface area contributed by atoms with Crippen molar-refractivity contribution in [1.82, 2.24) is 5.32 Å². The fourth-order valence-corrected chi connectivity index (χ4v) is 1.73. The molecule has 104 valence electrons. The summed E-state index contributed by atoms with van der Waals surface area (Å²) >= 11 is 3.28. The second kappa shape index (κ2) is 7.25. The molecule has 2 unspecified atom stereocenters. The summed E-state index contributed by atoms with van der Waals surface area (Å²) in [6.07, 6.45) is 0. The average molecular weight is 329 g/mol. The zero-order valence-corrected chi connectivity index (χ0v) is 12.4. The molecular weight excluding hydrogens is 312 g/mol. The molecule has 1 aromatic rings. The molecule has 6 heteroatoms. The van der Waals surface area contributed by atoms with Crippen LogP contribution in [-0.2, 0) is 9.59 Å². The molecule has 0 radical (unpaired) electrons. The highest BCUT2D eigenvalue weighted by molar-refractivity contribution is 9.10. The molecule has 3 N–H and O–H groups in total. The van der Waals surface area contributed by atoms with Gasteiger partial charge >= 0.3 is 11.8 Å². The van der Waals surface area contributed by atoms with Gasteiger partial charge in [-0.25, -0.2) is 0 Å². The van der Waals surface area contributed by atoms with Crippen LogP contribution in [0, 0.1) is 5.92 Å². The highest BCUT2D eigenvalue weighted by Gasteiger charge is 2.19. The summed E-state index contributed by atoms with van der Waals surface area (Å²) in [7, 11) is 0. The maximum atomic E-state index is 11.7. The van der Waals surface area contributed by atoms with E-state index in [0.717, 1.165) is 4.47 Å². The smallest absolute Gasteiger partial charge is 0.313 e. The van der Waals surface area contributed by atoms with Crippen molar-refractivity contribution in [2.24, 2.45) is 5.92 Å². The third kappa shape index (κ3) is 5.00. The first-order chi connectivity index (χ1) is 8.93. The van der Waals surface area contributed by atoms with Gasteiger partial charge in [0.2, 0.25) is 0 Å². The molecule has 0 aliphatic heterocycles. The van der Waals surface area contributed by atoms with Crippen LogP contribution < -0.4 is 10.6 Å². The van der Waals surface area contributed by atoms with E-state index in [4.69, 9.17) is 5.11 Å². The van der Waals surface area contributed by atoms with Gasteiger partial charge in [0.1, 0.15) is 0 Å². The number of anilines is 1. The topological polar surface area (TPSA) is 78.4 Å². The minimum absolute atomic E-state index is 0.0469. The number of hydrogen-bond donors (Lipinski definition) is 3. The van der Waals surface area contributed by atoms with Gasteiger partial charge in [-0.15, -0.1) is 0 Å². The van der Waals surface area contributed by atoms with Crippen molar-refractivity contribution >= 4 is 33.4 Å². The van der Waals surface area contributed by atoms with Gasteiger partial charge in [0.15, 0.2) is 0 Å². The molecule has 5 nitrogen and oxygen atoms in total. The monoisotopic (exact) mass is 328 g/mol. The molecule has 0 aromatic heterocycles. The Bertz CT molecular complexity index is 465. The van der Waals surface area contributed by atoms with Gasteiger partial charge in [0.05, 0.1) is 0 Å². The molecule has 1 rings (SSSR count). The van der Waals surface area contributed by atoms with Crippen molar-refractivity contribution in [3.05, 3.63) is 28.7 Å². The zero-order valence-electron chi connectivity index (χ0n) is 10.8. The molecule has 0 heterocycles. The number of benzene rings is 1. The van der Waals surface area contributed by atoms with Crippen LogP contribution in [0.4, 0.5) is 5.69 Å². The van der Waals surface area contributed by atoms with Crippen molar-refractivity contribution in [3.8, 4) is 0 Å². The van der Waals surface area contributed by atoms with E-state index in [0.29, 0.717) is 5.69 Å². The number of carbonyl (C=O) groups is 2. The van der Waals surface area contributed by atoms with Gasteiger partial charge in [0, 0.05) is 22.8 Å². The van der Waals surface area contributed by atoms with Gasteiger partial charge in [-0.05, 0) is 31.0 Å². The summed E-state index contributed by atoms with van der Waals surface area (Å²) in [5, 5.41) is 14.0. The van der Waals surface area contributed by atoms with Gasteiger partial charge in [-0.2, -0.15) is 0 Å². The Morgan fingerprint density at radius 1 is 1.32 bits per heavy atom. The van der Waals surface area contributed by atoms with E-state index in [1.54, 1.807) is 32.0 Å². The first-order valence-corrected chi connectivity index (χ1v) is 6.71. The first kappa shape index (κ1) is 15.7. The quantitative estimate of drug-likeness (QED) is 0.733. The van der Waals surface area contributed by atoms with E-state index >= 15 is 0 Å². The van der Waals surface area contributed by atoms with Crippen molar-refractivity contribution in [2.75, 3.05) is 11.9 Å². The minimum atomic E-state index is -0.727. The fraction of sp³-hybridized carbons (Fsp3) is 0.385. The molecule has 1 aromatic carbocycles. The van der Waals surface area contributed by atoms with E-state index in [2.05, 4.69) is 26.6 Å². The van der Waals surface area contributed by atoms with E-state index in [1.807, 2.05) is 6.07 Å². The lowest BCUT2D eigenvalue weighted by Gasteiger charge is -2.18. The number of rotatable bonds is 4. The average Bonchev–Trinajstić information content (AvgIpc) is 2.37. The first-order valence-electron chi connectivity index (χ1n) is 5.92. The number of carbonyl (C=O) groups excluding carboxylic acids is 2. The van der Waals surface area contributed by atoms with E-state index in [-0.39, 0.29) is 18.6 Å². The molecule has 0 fully saturated rings. The van der Waals surface area contributed by atoms with Gasteiger partial charge in [-0.1, -0.05) is 28.9 Å². The summed E-state index contributed by atoms with van der Waals surface area (Å²) in [4.78, 5) is 23.3. The summed E-state index contributed by atoms with van der Waals surface area (Å²) in [5.74, 6) is -1.55. The molecule has 2 amide bonds. The van der Waals surface area contributed by atoms with Gasteiger partial charge in [-0.3, -0.25) is 9.59 Å². The Labute approximate surface area is 120 Å². The van der Waals surface area contributed by atoms with Crippen molar-refractivity contribution < 1.29 is 14.7 Å². The molecule has 0 saturated heterocycles. The van der Waals surface area contributed by atoms with Crippen molar-refractivity contribution in [1.29, 1.82) is 0 Å². The fourth-order valence-electron chi connectivity index (χ4n) is 1.33. The molecule has 0 aliphatic carbocycles. The van der Waals surface area contributed by atoms with Crippen LogP contribution in [-0.4, -0.2) is 29.6 Å². The van der Waals surface area contributed by atoms with Crippen LogP contribution in [0.2, 0.25) is 0 Å². The van der Waals surface area contributed by atoms with Crippen LogP contribution >= 0.6 is 15.9 Å². The number of aliphatic hydroxyl groups excluding tert-OH is 1. The van der Waals surface area contributed by atoms with Crippen LogP contribution in [0.15, 0.2) is 28.7 Å². The van der Waals surface area contributed by atoms with Crippen LogP contribution in [0.5, 0.6) is 0 Å². The predicted octanol–water partition coefficient (Wildman–Crippen LogP) is 1.52. The number of amides is 2. The highest BCUT2D eigenvalue weighted by atomic mass is 79.9. The standard InChI is InChI=1S/C13H17BrN2O3/c1-8(7-17)9(2)15-12(18)13(19)16-11-5-3-4-10(14)6-11/h3-6,8-9,17H,7H2,1-2H3,(H,15,18)(H,16,19). The number of halogens is 1. The van der Waals surface area contributed by atoms with Crippen molar-refractivity contribution in [2.45, 2.75) is 19.9 Å². The number of aliphatic hydroxyl groups is 1. The molecule has 0 bridgehead atoms. The lowest BCUT2D eigenvalue weighted by atomic mass is 10.1. The molecule has 0 aliphatic rings. The number of hydrogen-bond acceptors (Lipinski definition) is 3. The Hall–Kier alpha value is -1.40. The predicted molar refractivity (Wildman–Crippen MR) is 76.6 cm³/mol. The largest absolute Gasteiger partial charge is 0.396 e. The molecule has 2 atom stereocenters. The summed E-state index contributed by atoms with van der Waals surface area (Å²) in [5.41, 5.74) is 0.539. The van der Waals surface area contributed by atoms with Crippen LogP contribution in [0.3, 0.4) is 0 Å². The molecule has 19 heavy (non-hydrogen) atoms. The molecular formula is C13H17BrN2O3. The van der Waals surface area contributed by atoms with Crippen LogP contribution in [0.25, 0.3) is 0 Å². The Balaban J connectivity index is 2.56. The van der Waals surface area contributed by atoms with Crippen LogP contribution in [0.1, 0.15) is 13.8 Å². The lowest BCUT2D eigenvalue weighted by Crippen LogP contribution is -2.43. The zero-order chi connectivity index (χ0) is 14.4. The SMILES string of the molecule is CC(CO)C(C)NC(=O)C(=O)Nc1cccc(Br)c1. The molecule has 0 spiro atoms. The Morgan fingerprint density at radius 3 is 2.58 bits per heavy atom. The Kier molecular flexibility index (Phi) is 5.98. The van der Waals surface area contributed by atoms with Gasteiger partial charge in [0.25, 0.3) is 0 Å². The number of nitrogens with one attached hydrogen (secondary N) is 2. The van der Waals surface area contributed by atoms with E-state index in [9.17, 15) is 9.59 Å². The lowest BCUT2D eigenvalue weighted by molar-refractivity contribution is -0.136. The minimum Gasteiger partial charge on any atom is -0.396 e. The van der Waals surface area contributed by atoms with E-state index in [1.165, 1.54) is 0 Å². The summed E-state index contributed by atoms with van der Waals surface area (Å²) in [6, 6.07) is 6.70. The second-order valence-electron chi connectivity index (χ2n) is 4.39. The molecule has 0 saturated carbocycles. The van der Waals surface area contributed by atoms with Gasteiger partial charge < -0.3 is 15.7 Å². The summed E-state index contributed by atoms with van der Waals surface area (Å²) in [6.45, 7) is 3.48. The maximum absolute atomic E-state index is 11.7. The van der Waals surface area contributed by atoms with Crippen molar-refractivity contribution in [3.63, 3.8) is 0 Å². The second-order valence-corrected chi connectivity index (χ2v) is 5.30. The normalized spacial score (nSPS) is 13.5. The summed E-state index contributed by atoms with van der Waals surface area (Å²) < 4.78 is 0.813. The Morgan fingerprint density at radius 2 is 2.00 bits per heavy atom. The third-order valence-corrected chi connectivity index (χ3v) is 3.28. The maximum Gasteiger partial charge on any atom is 0.313 e. The third-order valence-electron chi connectivity index (χ3n) is 2.79. The highest BCUT2D eigenvalue weighted by Crippen LogP contribution is 2.15.